The lowest BCUT2D eigenvalue weighted by Gasteiger charge is -2.12. The van der Waals surface area contributed by atoms with Crippen LogP contribution in [-0.4, -0.2) is 15.0 Å². The molecule has 0 aromatic carbocycles. The van der Waals surface area contributed by atoms with E-state index in [1.807, 2.05) is 24.4 Å². The van der Waals surface area contributed by atoms with Crippen molar-refractivity contribution in [2.75, 3.05) is 5.32 Å². The summed E-state index contributed by atoms with van der Waals surface area (Å²) in [4.78, 5) is 13.3. The van der Waals surface area contributed by atoms with E-state index in [0.29, 0.717) is 0 Å². The highest BCUT2D eigenvalue weighted by Gasteiger charge is 2.08. The number of anilines is 1. The Labute approximate surface area is 177 Å². The van der Waals surface area contributed by atoms with Gasteiger partial charge in [-0.05, 0) is 67.1 Å². The van der Waals surface area contributed by atoms with Crippen LogP contribution < -0.4 is 5.32 Å². The number of pyridine rings is 3. The molecule has 0 spiro atoms. The fourth-order valence-electron chi connectivity index (χ4n) is 2.99. The number of aryl methyl sites for hydroxylation is 2. The zero-order valence-electron chi connectivity index (χ0n) is 17.4. The fraction of sp³-hybridized carbons (Fsp3) is 0.292. The number of hydrogen-bond donors (Lipinski definition) is 1. The van der Waals surface area contributed by atoms with Gasteiger partial charge in [-0.3, -0.25) is 4.98 Å². The molecule has 150 valence electrons. The highest BCUT2D eigenvalue weighted by atomic mass is 32.2. The summed E-state index contributed by atoms with van der Waals surface area (Å²) in [5.74, 6) is 1.57. The molecular formula is C24H28N4S. The standard InChI is InChI=1S/C24H28N4S/c1-17(2)6-5-7-20-10-15-26-23(16-20)27-19(4)29-24-18(3)8-9-22(28-24)21-11-13-25-14-12-21/h8-17H,4-7H2,1-3H3,(H,26,27). The van der Waals surface area contributed by atoms with Gasteiger partial charge in [-0.25, -0.2) is 9.97 Å². The first-order valence-electron chi connectivity index (χ1n) is 9.98. The number of thioether (sulfide) groups is 1. The molecule has 3 rings (SSSR count). The summed E-state index contributed by atoms with van der Waals surface area (Å²) < 4.78 is 0. The largest absolute Gasteiger partial charge is 0.335 e. The first kappa shape index (κ1) is 21.1. The van der Waals surface area contributed by atoms with Gasteiger partial charge in [0.25, 0.3) is 0 Å². The van der Waals surface area contributed by atoms with E-state index in [1.165, 1.54) is 30.2 Å². The second-order valence-corrected chi connectivity index (χ2v) is 8.62. The maximum Gasteiger partial charge on any atom is 0.130 e. The van der Waals surface area contributed by atoms with Gasteiger partial charge in [0.1, 0.15) is 10.8 Å². The topological polar surface area (TPSA) is 50.7 Å². The number of nitrogens with zero attached hydrogens (tertiary/aromatic N) is 3. The molecule has 0 saturated heterocycles. The van der Waals surface area contributed by atoms with Crippen molar-refractivity contribution in [1.29, 1.82) is 0 Å². The third kappa shape index (κ3) is 6.43. The minimum Gasteiger partial charge on any atom is -0.335 e. The summed E-state index contributed by atoms with van der Waals surface area (Å²) in [6, 6.07) is 12.3. The second kappa shape index (κ2) is 10.2. The van der Waals surface area contributed by atoms with E-state index >= 15 is 0 Å². The Balaban J connectivity index is 1.65. The van der Waals surface area contributed by atoms with Crippen LogP contribution in [-0.2, 0) is 6.42 Å². The highest BCUT2D eigenvalue weighted by molar-refractivity contribution is 8.03. The van der Waals surface area contributed by atoms with Crippen LogP contribution in [0.3, 0.4) is 0 Å². The Morgan fingerprint density at radius 3 is 2.66 bits per heavy atom. The van der Waals surface area contributed by atoms with Crippen molar-refractivity contribution in [2.24, 2.45) is 5.92 Å². The second-order valence-electron chi connectivity index (χ2n) is 7.54. The van der Waals surface area contributed by atoms with Crippen LogP contribution >= 0.6 is 11.8 Å². The number of hydrogen-bond acceptors (Lipinski definition) is 5. The summed E-state index contributed by atoms with van der Waals surface area (Å²) in [6.45, 7) is 10.8. The van der Waals surface area contributed by atoms with Crippen molar-refractivity contribution < 1.29 is 0 Å². The summed E-state index contributed by atoms with van der Waals surface area (Å²) in [5, 5.41) is 5.06. The van der Waals surface area contributed by atoms with E-state index in [2.05, 4.69) is 60.8 Å². The Morgan fingerprint density at radius 1 is 1.10 bits per heavy atom. The Hall–Kier alpha value is -2.66. The van der Waals surface area contributed by atoms with Crippen LogP contribution in [0.4, 0.5) is 5.82 Å². The van der Waals surface area contributed by atoms with Crippen LogP contribution in [0.1, 0.15) is 37.8 Å². The fourth-order valence-corrected chi connectivity index (χ4v) is 3.76. The van der Waals surface area contributed by atoms with Gasteiger partial charge >= 0.3 is 0 Å². The van der Waals surface area contributed by atoms with Crippen LogP contribution in [0.5, 0.6) is 0 Å². The number of nitrogens with one attached hydrogen (secondary N) is 1. The van der Waals surface area contributed by atoms with Crippen molar-refractivity contribution in [3.05, 3.63) is 77.7 Å². The van der Waals surface area contributed by atoms with E-state index in [0.717, 1.165) is 45.0 Å². The maximum atomic E-state index is 4.81. The molecular weight excluding hydrogens is 376 g/mol. The molecule has 1 N–H and O–H groups in total. The minimum absolute atomic E-state index is 0.740. The van der Waals surface area contributed by atoms with Crippen molar-refractivity contribution in [3.63, 3.8) is 0 Å². The van der Waals surface area contributed by atoms with Crippen LogP contribution in [0, 0.1) is 12.8 Å². The zero-order chi connectivity index (χ0) is 20.6. The van der Waals surface area contributed by atoms with Gasteiger partial charge in [-0.1, -0.05) is 44.7 Å². The molecule has 0 aliphatic rings. The Morgan fingerprint density at radius 2 is 1.90 bits per heavy atom. The molecule has 5 heteroatoms. The predicted octanol–water partition coefficient (Wildman–Crippen LogP) is 6.50. The van der Waals surface area contributed by atoms with Crippen LogP contribution in [0.15, 0.2) is 71.6 Å². The van der Waals surface area contributed by atoms with Crippen molar-refractivity contribution in [3.8, 4) is 11.3 Å². The van der Waals surface area contributed by atoms with Gasteiger partial charge in [0, 0.05) is 24.2 Å². The lowest BCUT2D eigenvalue weighted by Crippen LogP contribution is -2.00. The molecule has 0 fully saturated rings. The molecule has 0 atom stereocenters. The molecule has 3 aromatic heterocycles. The molecule has 0 amide bonds. The van der Waals surface area contributed by atoms with Gasteiger partial charge in [0.05, 0.1) is 10.7 Å². The molecule has 0 bridgehead atoms. The molecule has 0 unspecified atom stereocenters. The Bertz CT molecular complexity index is 954. The quantitative estimate of drug-likeness (QED) is 0.412. The first-order valence-corrected chi connectivity index (χ1v) is 10.8. The summed E-state index contributed by atoms with van der Waals surface area (Å²) in [7, 11) is 0. The van der Waals surface area contributed by atoms with Crippen LogP contribution in [0.2, 0.25) is 0 Å². The van der Waals surface area contributed by atoms with Gasteiger partial charge in [0.2, 0.25) is 0 Å². The lowest BCUT2D eigenvalue weighted by atomic mass is 10.0. The minimum atomic E-state index is 0.740. The average molecular weight is 405 g/mol. The molecule has 3 aromatic rings. The van der Waals surface area contributed by atoms with E-state index in [4.69, 9.17) is 4.98 Å². The van der Waals surface area contributed by atoms with Gasteiger partial charge < -0.3 is 5.32 Å². The highest BCUT2D eigenvalue weighted by Crippen LogP contribution is 2.30. The monoisotopic (exact) mass is 404 g/mol. The first-order chi connectivity index (χ1) is 14.0. The lowest BCUT2D eigenvalue weighted by molar-refractivity contribution is 0.556. The molecule has 0 aliphatic carbocycles. The summed E-state index contributed by atoms with van der Waals surface area (Å²) in [6.07, 6.45) is 8.93. The van der Waals surface area contributed by atoms with E-state index in [-0.39, 0.29) is 0 Å². The maximum absolute atomic E-state index is 4.81. The van der Waals surface area contributed by atoms with Gasteiger partial charge in [0.15, 0.2) is 0 Å². The van der Waals surface area contributed by atoms with Crippen molar-refractivity contribution >= 4 is 17.6 Å². The van der Waals surface area contributed by atoms with Crippen molar-refractivity contribution in [2.45, 2.75) is 45.1 Å². The smallest absolute Gasteiger partial charge is 0.130 e. The third-order valence-electron chi connectivity index (χ3n) is 4.59. The van der Waals surface area contributed by atoms with Crippen molar-refractivity contribution in [1.82, 2.24) is 15.0 Å². The van der Waals surface area contributed by atoms with Crippen LogP contribution in [0.25, 0.3) is 11.3 Å². The van der Waals surface area contributed by atoms with E-state index in [9.17, 15) is 0 Å². The molecule has 3 heterocycles. The SMILES string of the molecule is C=C(Nc1cc(CCCC(C)C)ccn1)Sc1nc(-c2ccncc2)ccc1C. The van der Waals surface area contributed by atoms with E-state index in [1.54, 1.807) is 12.4 Å². The third-order valence-corrected chi connectivity index (χ3v) is 5.54. The molecule has 0 saturated carbocycles. The molecule has 29 heavy (non-hydrogen) atoms. The Kier molecular flexibility index (Phi) is 7.42. The van der Waals surface area contributed by atoms with E-state index < -0.39 is 0 Å². The average Bonchev–Trinajstić information content (AvgIpc) is 2.70. The molecule has 4 nitrogen and oxygen atoms in total. The number of aromatic nitrogens is 3. The van der Waals surface area contributed by atoms with Gasteiger partial charge in [-0.2, -0.15) is 0 Å². The predicted molar refractivity (Wildman–Crippen MR) is 123 cm³/mol. The van der Waals surface area contributed by atoms with Gasteiger partial charge in [-0.15, -0.1) is 0 Å². The summed E-state index contributed by atoms with van der Waals surface area (Å²) in [5.41, 5.74) is 4.40. The normalized spacial score (nSPS) is 10.9. The zero-order valence-corrected chi connectivity index (χ0v) is 18.2. The number of rotatable bonds is 9. The molecule has 0 radical (unpaired) electrons. The molecule has 0 aliphatic heterocycles. The summed E-state index contributed by atoms with van der Waals surface area (Å²) >= 11 is 1.53.